The largest absolute Gasteiger partial charge is 0.481 e. The zero-order chi connectivity index (χ0) is 14.8. The first-order chi connectivity index (χ1) is 9.52. The van der Waals surface area contributed by atoms with Gasteiger partial charge in [0, 0.05) is 24.4 Å². The molecule has 5 heteroatoms. The molecule has 110 valence electrons. The highest BCUT2D eigenvalue weighted by molar-refractivity contribution is 7.10. The van der Waals surface area contributed by atoms with E-state index in [4.69, 9.17) is 0 Å². The molecule has 4 nitrogen and oxygen atoms in total. The average molecular weight is 295 g/mol. The molecule has 1 amide bonds. The molecule has 0 saturated carbocycles. The summed E-state index contributed by atoms with van der Waals surface area (Å²) in [6, 6.07) is 2.06. The second kappa shape index (κ2) is 5.95. The third-order valence-corrected chi connectivity index (χ3v) is 5.48. The molecular formula is C15H21NO3S. The first-order valence-corrected chi connectivity index (χ1v) is 7.96. The van der Waals surface area contributed by atoms with Crippen molar-refractivity contribution >= 4 is 23.2 Å². The van der Waals surface area contributed by atoms with E-state index in [9.17, 15) is 14.7 Å². The number of nitrogens with zero attached hydrogens (tertiary/aromatic N) is 1. The Morgan fingerprint density at radius 2 is 2.10 bits per heavy atom. The number of hydrogen-bond acceptors (Lipinski definition) is 3. The number of hydrogen-bond donors (Lipinski definition) is 1. The zero-order valence-electron chi connectivity index (χ0n) is 12.0. The topological polar surface area (TPSA) is 57.6 Å². The second-order valence-corrected chi connectivity index (χ2v) is 6.40. The summed E-state index contributed by atoms with van der Waals surface area (Å²) in [7, 11) is 0. The van der Waals surface area contributed by atoms with E-state index in [1.54, 1.807) is 16.2 Å². The molecule has 1 aromatic heterocycles. The van der Waals surface area contributed by atoms with Gasteiger partial charge in [-0.05, 0) is 36.3 Å². The van der Waals surface area contributed by atoms with E-state index in [1.807, 2.05) is 13.8 Å². The van der Waals surface area contributed by atoms with Gasteiger partial charge in [-0.15, -0.1) is 11.3 Å². The molecule has 1 N–H and O–H groups in total. The highest BCUT2D eigenvalue weighted by Crippen LogP contribution is 2.33. The lowest BCUT2D eigenvalue weighted by Crippen LogP contribution is -2.41. The molecule has 1 aliphatic rings. The number of carboxylic acid groups (broad SMARTS) is 1. The first-order valence-electron chi connectivity index (χ1n) is 7.09. The standard InChI is InChI=1S/C15H21NO3S/c1-3-15(4-2,14(18)19)9-13(17)16-7-5-12-11(10-16)6-8-20-12/h6,8H,3-5,7,9-10H2,1-2H3,(H,18,19). The number of carbonyl (C=O) groups excluding carboxylic acids is 1. The number of fused-ring (bicyclic) bond motifs is 1. The summed E-state index contributed by atoms with van der Waals surface area (Å²) in [5.74, 6) is -0.892. The van der Waals surface area contributed by atoms with Crippen molar-refractivity contribution < 1.29 is 14.7 Å². The van der Waals surface area contributed by atoms with Crippen LogP contribution in [0.1, 0.15) is 43.6 Å². The summed E-state index contributed by atoms with van der Waals surface area (Å²) in [6.45, 7) is 5.02. The van der Waals surface area contributed by atoms with E-state index < -0.39 is 11.4 Å². The van der Waals surface area contributed by atoms with Gasteiger partial charge in [0.1, 0.15) is 0 Å². The van der Waals surface area contributed by atoms with Crippen LogP contribution in [0.5, 0.6) is 0 Å². The fourth-order valence-electron chi connectivity index (χ4n) is 2.74. The Labute approximate surface area is 123 Å². The molecule has 0 fully saturated rings. The van der Waals surface area contributed by atoms with Crippen molar-refractivity contribution in [2.45, 2.75) is 46.1 Å². The molecule has 0 atom stereocenters. The Bertz CT molecular complexity index is 505. The lowest BCUT2D eigenvalue weighted by atomic mass is 9.79. The summed E-state index contributed by atoms with van der Waals surface area (Å²) in [6.07, 6.45) is 1.97. The Hall–Kier alpha value is -1.36. The summed E-state index contributed by atoms with van der Waals surface area (Å²) in [5.41, 5.74) is 0.301. The average Bonchev–Trinajstić information content (AvgIpc) is 2.91. The van der Waals surface area contributed by atoms with Crippen LogP contribution in [0, 0.1) is 5.41 Å². The smallest absolute Gasteiger partial charge is 0.310 e. The van der Waals surface area contributed by atoms with Crippen LogP contribution in [0.3, 0.4) is 0 Å². The van der Waals surface area contributed by atoms with Gasteiger partial charge in [0.2, 0.25) is 5.91 Å². The van der Waals surface area contributed by atoms with Crippen LogP contribution >= 0.6 is 11.3 Å². The molecule has 0 saturated heterocycles. The first kappa shape index (κ1) is 15.0. The molecular weight excluding hydrogens is 274 g/mol. The van der Waals surface area contributed by atoms with Crippen molar-refractivity contribution in [2.24, 2.45) is 5.41 Å². The van der Waals surface area contributed by atoms with Crippen molar-refractivity contribution in [2.75, 3.05) is 6.54 Å². The highest BCUT2D eigenvalue weighted by Gasteiger charge is 2.38. The van der Waals surface area contributed by atoms with Gasteiger partial charge in [0.05, 0.1) is 5.41 Å². The molecule has 0 radical (unpaired) electrons. The van der Waals surface area contributed by atoms with Gasteiger partial charge in [-0.2, -0.15) is 0 Å². The molecule has 2 rings (SSSR count). The van der Waals surface area contributed by atoms with Crippen LogP contribution < -0.4 is 0 Å². The number of aliphatic carboxylic acids is 1. The van der Waals surface area contributed by atoms with Gasteiger partial charge in [-0.1, -0.05) is 13.8 Å². The number of amides is 1. The Morgan fingerprint density at radius 1 is 1.40 bits per heavy atom. The fourth-order valence-corrected chi connectivity index (χ4v) is 3.63. The van der Waals surface area contributed by atoms with Crippen molar-refractivity contribution in [3.8, 4) is 0 Å². The van der Waals surface area contributed by atoms with E-state index in [1.165, 1.54) is 10.4 Å². The van der Waals surface area contributed by atoms with Crippen LogP contribution in [-0.2, 0) is 22.6 Å². The normalized spacial score (nSPS) is 15.0. The Morgan fingerprint density at radius 3 is 2.70 bits per heavy atom. The van der Waals surface area contributed by atoms with Crippen molar-refractivity contribution in [1.82, 2.24) is 4.90 Å². The van der Waals surface area contributed by atoms with Crippen LogP contribution in [0.2, 0.25) is 0 Å². The molecule has 0 bridgehead atoms. The molecule has 0 aromatic carbocycles. The predicted molar refractivity (Wildman–Crippen MR) is 78.7 cm³/mol. The molecule has 1 aromatic rings. The summed E-state index contributed by atoms with van der Waals surface area (Å²) in [4.78, 5) is 27.1. The molecule has 0 aliphatic carbocycles. The van der Waals surface area contributed by atoms with Crippen molar-refractivity contribution in [1.29, 1.82) is 0 Å². The summed E-state index contributed by atoms with van der Waals surface area (Å²) >= 11 is 1.73. The van der Waals surface area contributed by atoms with Gasteiger partial charge >= 0.3 is 5.97 Å². The molecule has 2 heterocycles. The van der Waals surface area contributed by atoms with Crippen molar-refractivity contribution in [3.05, 3.63) is 21.9 Å². The van der Waals surface area contributed by atoms with Gasteiger partial charge in [0.25, 0.3) is 0 Å². The van der Waals surface area contributed by atoms with Crippen molar-refractivity contribution in [3.63, 3.8) is 0 Å². The Kier molecular flexibility index (Phi) is 4.48. The summed E-state index contributed by atoms with van der Waals surface area (Å²) in [5, 5.41) is 11.5. The number of carbonyl (C=O) groups is 2. The van der Waals surface area contributed by atoms with Gasteiger partial charge in [-0.25, -0.2) is 0 Å². The van der Waals surface area contributed by atoms with Crippen LogP contribution in [0.15, 0.2) is 11.4 Å². The maximum absolute atomic E-state index is 12.4. The quantitative estimate of drug-likeness (QED) is 0.908. The maximum atomic E-state index is 12.4. The third-order valence-electron chi connectivity index (χ3n) is 4.46. The van der Waals surface area contributed by atoms with E-state index in [0.29, 0.717) is 25.9 Å². The lowest BCUT2D eigenvalue weighted by molar-refractivity contribution is -0.154. The minimum Gasteiger partial charge on any atom is -0.481 e. The van der Waals surface area contributed by atoms with Gasteiger partial charge < -0.3 is 10.0 Å². The van der Waals surface area contributed by atoms with Crippen LogP contribution in [-0.4, -0.2) is 28.4 Å². The van der Waals surface area contributed by atoms with Crippen LogP contribution in [0.25, 0.3) is 0 Å². The fraction of sp³-hybridized carbons (Fsp3) is 0.600. The van der Waals surface area contributed by atoms with E-state index in [2.05, 4.69) is 11.4 Å². The maximum Gasteiger partial charge on any atom is 0.310 e. The number of thiophene rings is 1. The minimum atomic E-state index is -0.911. The van der Waals surface area contributed by atoms with E-state index in [0.717, 1.165) is 6.42 Å². The van der Waals surface area contributed by atoms with Gasteiger partial charge in [0.15, 0.2) is 0 Å². The Balaban J connectivity index is 2.07. The monoisotopic (exact) mass is 295 g/mol. The SMILES string of the molecule is CCC(CC)(CC(=O)N1CCc2sccc2C1)C(=O)O. The molecule has 20 heavy (non-hydrogen) atoms. The van der Waals surface area contributed by atoms with E-state index >= 15 is 0 Å². The molecule has 0 unspecified atom stereocenters. The third kappa shape index (κ3) is 2.73. The minimum absolute atomic E-state index is 0.0343. The summed E-state index contributed by atoms with van der Waals surface area (Å²) < 4.78 is 0. The molecule has 1 aliphatic heterocycles. The van der Waals surface area contributed by atoms with Crippen LogP contribution in [0.4, 0.5) is 0 Å². The number of rotatable bonds is 5. The second-order valence-electron chi connectivity index (χ2n) is 5.40. The highest BCUT2D eigenvalue weighted by atomic mass is 32.1. The molecule has 0 spiro atoms. The predicted octanol–water partition coefficient (Wildman–Crippen LogP) is 2.91. The van der Waals surface area contributed by atoms with Gasteiger partial charge in [-0.3, -0.25) is 9.59 Å². The zero-order valence-corrected chi connectivity index (χ0v) is 12.8. The lowest BCUT2D eigenvalue weighted by Gasteiger charge is -2.32. The number of carboxylic acids is 1. The van der Waals surface area contributed by atoms with E-state index in [-0.39, 0.29) is 12.3 Å².